The number of rotatable bonds is 5. The van der Waals surface area contributed by atoms with E-state index in [9.17, 15) is 0 Å². The fourth-order valence-electron chi connectivity index (χ4n) is 2.27. The van der Waals surface area contributed by atoms with Gasteiger partial charge in [-0.3, -0.25) is 0 Å². The fourth-order valence-corrected chi connectivity index (χ4v) is 3.19. The first-order chi connectivity index (χ1) is 10.8. The van der Waals surface area contributed by atoms with Crippen LogP contribution in [0.2, 0.25) is 0 Å². The van der Waals surface area contributed by atoms with Crippen LogP contribution in [0.15, 0.2) is 54.6 Å². The molecule has 112 valence electrons. The van der Waals surface area contributed by atoms with Gasteiger partial charge in [0.25, 0.3) is 0 Å². The molecule has 0 radical (unpaired) electrons. The molecule has 0 atom stereocenters. The van der Waals surface area contributed by atoms with E-state index < -0.39 is 0 Å². The van der Waals surface area contributed by atoms with Gasteiger partial charge in [-0.1, -0.05) is 71.5 Å². The predicted molar refractivity (Wildman–Crippen MR) is 93.2 cm³/mol. The first-order valence-corrected chi connectivity index (χ1v) is 8.27. The molecule has 0 bridgehead atoms. The summed E-state index contributed by atoms with van der Waals surface area (Å²) in [7, 11) is 0. The van der Waals surface area contributed by atoms with Gasteiger partial charge in [-0.25, -0.2) is 0 Å². The van der Waals surface area contributed by atoms with E-state index in [1.54, 1.807) is 11.3 Å². The molecule has 3 rings (SSSR count). The van der Waals surface area contributed by atoms with E-state index in [2.05, 4.69) is 77.5 Å². The molecule has 1 aromatic heterocycles. The zero-order valence-electron chi connectivity index (χ0n) is 12.9. The van der Waals surface area contributed by atoms with E-state index in [1.807, 2.05) is 6.07 Å². The Kier molecular flexibility index (Phi) is 4.49. The molecule has 0 spiro atoms. The SMILES string of the molecule is CCN(Cc1ccccc1)c1nnc(-c2ccc(C)cc2)s1. The lowest BCUT2D eigenvalue weighted by Gasteiger charge is -2.18. The molecule has 22 heavy (non-hydrogen) atoms. The Hall–Kier alpha value is -2.20. The zero-order chi connectivity index (χ0) is 15.4. The molecule has 0 amide bonds. The van der Waals surface area contributed by atoms with Gasteiger partial charge in [-0.2, -0.15) is 0 Å². The lowest BCUT2D eigenvalue weighted by molar-refractivity contribution is 0.815. The number of aryl methyl sites for hydroxylation is 1. The topological polar surface area (TPSA) is 29.0 Å². The molecule has 0 fully saturated rings. The average Bonchev–Trinajstić information content (AvgIpc) is 3.04. The van der Waals surface area contributed by atoms with Crippen molar-refractivity contribution in [2.45, 2.75) is 20.4 Å². The standard InChI is InChI=1S/C18H19N3S/c1-3-21(13-15-7-5-4-6-8-15)18-20-19-17(22-18)16-11-9-14(2)10-12-16/h4-12H,3,13H2,1-2H3. The Labute approximate surface area is 135 Å². The van der Waals surface area contributed by atoms with Crippen molar-refractivity contribution in [3.05, 3.63) is 65.7 Å². The third-order valence-electron chi connectivity index (χ3n) is 3.58. The molecule has 0 aliphatic rings. The molecule has 3 aromatic rings. The minimum Gasteiger partial charge on any atom is -0.343 e. The van der Waals surface area contributed by atoms with Gasteiger partial charge in [0, 0.05) is 18.7 Å². The largest absolute Gasteiger partial charge is 0.343 e. The Morgan fingerprint density at radius 3 is 2.36 bits per heavy atom. The molecule has 0 aliphatic carbocycles. The van der Waals surface area contributed by atoms with Crippen molar-refractivity contribution in [3.8, 4) is 10.6 Å². The van der Waals surface area contributed by atoms with Crippen molar-refractivity contribution >= 4 is 16.5 Å². The first-order valence-electron chi connectivity index (χ1n) is 7.45. The van der Waals surface area contributed by atoms with Crippen LogP contribution in [0.25, 0.3) is 10.6 Å². The molecular formula is C18H19N3S. The highest BCUT2D eigenvalue weighted by Gasteiger charge is 2.12. The van der Waals surface area contributed by atoms with Crippen molar-refractivity contribution in [1.29, 1.82) is 0 Å². The normalized spacial score (nSPS) is 10.6. The summed E-state index contributed by atoms with van der Waals surface area (Å²) in [4.78, 5) is 2.25. The fraction of sp³-hybridized carbons (Fsp3) is 0.222. The van der Waals surface area contributed by atoms with Gasteiger partial charge < -0.3 is 4.90 Å². The maximum atomic E-state index is 4.38. The van der Waals surface area contributed by atoms with E-state index in [0.29, 0.717) is 0 Å². The van der Waals surface area contributed by atoms with Crippen LogP contribution in [0.3, 0.4) is 0 Å². The maximum Gasteiger partial charge on any atom is 0.208 e. The van der Waals surface area contributed by atoms with Crippen LogP contribution in [0.5, 0.6) is 0 Å². The molecule has 0 aliphatic heterocycles. The van der Waals surface area contributed by atoms with Crippen LogP contribution < -0.4 is 4.90 Å². The van der Waals surface area contributed by atoms with Crippen molar-refractivity contribution in [3.63, 3.8) is 0 Å². The maximum absolute atomic E-state index is 4.38. The third-order valence-corrected chi connectivity index (χ3v) is 4.61. The minimum absolute atomic E-state index is 0.861. The Bertz CT molecular complexity index is 720. The van der Waals surface area contributed by atoms with Gasteiger partial charge in [-0.15, -0.1) is 10.2 Å². The molecular weight excluding hydrogens is 290 g/mol. The summed E-state index contributed by atoms with van der Waals surface area (Å²) < 4.78 is 0. The van der Waals surface area contributed by atoms with Crippen LogP contribution in [0.1, 0.15) is 18.1 Å². The van der Waals surface area contributed by atoms with Crippen molar-refractivity contribution in [2.75, 3.05) is 11.4 Å². The van der Waals surface area contributed by atoms with Crippen molar-refractivity contribution in [2.24, 2.45) is 0 Å². The summed E-state index contributed by atoms with van der Waals surface area (Å²) >= 11 is 1.65. The van der Waals surface area contributed by atoms with Crippen LogP contribution in [-0.4, -0.2) is 16.7 Å². The van der Waals surface area contributed by atoms with E-state index >= 15 is 0 Å². The van der Waals surface area contributed by atoms with E-state index in [1.165, 1.54) is 11.1 Å². The van der Waals surface area contributed by atoms with Gasteiger partial charge >= 0.3 is 0 Å². The molecule has 1 heterocycles. The quantitative estimate of drug-likeness (QED) is 0.693. The Balaban J connectivity index is 1.80. The number of benzene rings is 2. The number of hydrogen-bond donors (Lipinski definition) is 0. The summed E-state index contributed by atoms with van der Waals surface area (Å²) in [6.07, 6.45) is 0. The highest BCUT2D eigenvalue weighted by molar-refractivity contribution is 7.18. The predicted octanol–water partition coefficient (Wildman–Crippen LogP) is 4.54. The number of hydrogen-bond acceptors (Lipinski definition) is 4. The van der Waals surface area contributed by atoms with Crippen LogP contribution in [0.4, 0.5) is 5.13 Å². The first kappa shape index (κ1) is 14.7. The highest BCUT2D eigenvalue weighted by Crippen LogP contribution is 2.29. The number of anilines is 1. The van der Waals surface area contributed by atoms with Gasteiger partial charge in [0.1, 0.15) is 5.01 Å². The number of aromatic nitrogens is 2. The monoisotopic (exact) mass is 309 g/mol. The highest BCUT2D eigenvalue weighted by atomic mass is 32.1. The van der Waals surface area contributed by atoms with Gasteiger partial charge in [0.05, 0.1) is 0 Å². The third kappa shape index (κ3) is 3.34. The average molecular weight is 309 g/mol. The molecule has 3 nitrogen and oxygen atoms in total. The lowest BCUT2D eigenvalue weighted by Crippen LogP contribution is -2.21. The van der Waals surface area contributed by atoms with Crippen LogP contribution in [0, 0.1) is 6.92 Å². The summed E-state index contributed by atoms with van der Waals surface area (Å²) in [5.74, 6) is 0. The van der Waals surface area contributed by atoms with Crippen LogP contribution in [-0.2, 0) is 6.54 Å². The molecule has 4 heteroatoms. The lowest BCUT2D eigenvalue weighted by atomic mass is 10.2. The van der Waals surface area contributed by atoms with E-state index in [-0.39, 0.29) is 0 Å². The van der Waals surface area contributed by atoms with E-state index in [0.717, 1.165) is 28.8 Å². The Morgan fingerprint density at radius 2 is 1.68 bits per heavy atom. The van der Waals surface area contributed by atoms with Gasteiger partial charge in [-0.05, 0) is 19.4 Å². The second kappa shape index (κ2) is 6.71. The van der Waals surface area contributed by atoms with E-state index in [4.69, 9.17) is 0 Å². The molecule has 0 saturated carbocycles. The minimum atomic E-state index is 0.861. The molecule has 0 saturated heterocycles. The second-order valence-corrected chi connectivity index (χ2v) is 6.21. The smallest absolute Gasteiger partial charge is 0.208 e. The second-order valence-electron chi connectivity index (χ2n) is 5.26. The molecule has 0 N–H and O–H groups in total. The summed E-state index contributed by atoms with van der Waals surface area (Å²) in [5, 5.41) is 10.7. The summed E-state index contributed by atoms with van der Waals surface area (Å²) in [5.41, 5.74) is 3.68. The zero-order valence-corrected chi connectivity index (χ0v) is 13.7. The molecule has 2 aromatic carbocycles. The van der Waals surface area contributed by atoms with Crippen molar-refractivity contribution in [1.82, 2.24) is 10.2 Å². The van der Waals surface area contributed by atoms with Gasteiger partial charge in [0.15, 0.2) is 0 Å². The molecule has 0 unspecified atom stereocenters. The summed E-state index contributed by atoms with van der Waals surface area (Å²) in [6.45, 7) is 6.02. The number of nitrogens with zero attached hydrogens (tertiary/aromatic N) is 3. The van der Waals surface area contributed by atoms with Crippen LogP contribution >= 0.6 is 11.3 Å². The van der Waals surface area contributed by atoms with Gasteiger partial charge in [0.2, 0.25) is 5.13 Å². The summed E-state index contributed by atoms with van der Waals surface area (Å²) in [6, 6.07) is 18.9. The van der Waals surface area contributed by atoms with Crippen molar-refractivity contribution < 1.29 is 0 Å². The Morgan fingerprint density at radius 1 is 0.955 bits per heavy atom.